The van der Waals surface area contributed by atoms with E-state index in [1.807, 2.05) is 6.92 Å². The molecule has 116 valence electrons. The Morgan fingerprint density at radius 3 is 2.81 bits per heavy atom. The molecule has 0 aliphatic rings. The third-order valence-electron chi connectivity index (χ3n) is 2.73. The fraction of sp³-hybridized carbons (Fsp3) is 0.462. The molecular weight excluding hydrogens is 300 g/mol. The van der Waals surface area contributed by atoms with E-state index in [0.717, 1.165) is 6.42 Å². The first-order valence-electron chi connectivity index (χ1n) is 6.48. The SMILES string of the molecule is CCCNC(CCOc1ccc([N+](=O)[O-])c(Cl)c1)C(=O)O. The normalized spacial score (nSPS) is 11.9. The standard InChI is InChI=1S/C13H17ClN2O5/c1-2-6-15-11(13(17)18)5-7-21-9-3-4-12(16(19)20)10(14)8-9/h3-4,8,11,15H,2,5-7H2,1H3,(H,17,18). The molecule has 0 aliphatic carbocycles. The second-order valence-corrected chi connectivity index (χ2v) is 4.76. The van der Waals surface area contributed by atoms with Gasteiger partial charge in [0.15, 0.2) is 0 Å². The highest BCUT2D eigenvalue weighted by Gasteiger charge is 2.17. The summed E-state index contributed by atoms with van der Waals surface area (Å²) in [6.45, 7) is 2.73. The van der Waals surface area contributed by atoms with Crippen molar-refractivity contribution in [3.63, 3.8) is 0 Å². The van der Waals surface area contributed by atoms with Gasteiger partial charge in [0.1, 0.15) is 16.8 Å². The summed E-state index contributed by atoms with van der Waals surface area (Å²) in [7, 11) is 0. The molecule has 0 saturated carbocycles. The fourth-order valence-electron chi connectivity index (χ4n) is 1.65. The molecule has 1 aromatic rings. The van der Waals surface area contributed by atoms with Crippen molar-refractivity contribution in [2.75, 3.05) is 13.2 Å². The molecule has 1 unspecified atom stereocenters. The van der Waals surface area contributed by atoms with Gasteiger partial charge in [-0.3, -0.25) is 14.9 Å². The number of ether oxygens (including phenoxy) is 1. The van der Waals surface area contributed by atoms with Crippen LogP contribution in [-0.4, -0.2) is 35.2 Å². The van der Waals surface area contributed by atoms with Crippen LogP contribution < -0.4 is 10.1 Å². The summed E-state index contributed by atoms with van der Waals surface area (Å²) in [6.07, 6.45) is 1.12. The summed E-state index contributed by atoms with van der Waals surface area (Å²) in [5, 5.41) is 22.5. The van der Waals surface area contributed by atoms with Crippen LogP contribution in [0.25, 0.3) is 0 Å². The largest absolute Gasteiger partial charge is 0.493 e. The van der Waals surface area contributed by atoms with Crippen LogP contribution in [0.3, 0.4) is 0 Å². The van der Waals surface area contributed by atoms with E-state index < -0.39 is 16.9 Å². The topological polar surface area (TPSA) is 102 Å². The number of carboxylic acid groups (broad SMARTS) is 1. The minimum absolute atomic E-state index is 0.0172. The lowest BCUT2D eigenvalue weighted by molar-refractivity contribution is -0.384. The summed E-state index contributed by atoms with van der Waals surface area (Å²) in [5.74, 6) is -0.570. The van der Waals surface area contributed by atoms with Gasteiger partial charge in [0.2, 0.25) is 0 Å². The number of halogens is 1. The zero-order chi connectivity index (χ0) is 15.8. The summed E-state index contributed by atoms with van der Waals surface area (Å²) < 4.78 is 5.37. The van der Waals surface area contributed by atoms with Gasteiger partial charge >= 0.3 is 5.97 Å². The molecule has 2 N–H and O–H groups in total. The molecule has 0 radical (unpaired) electrons. The number of carbonyl (C=O) groups is 1. The Bertz CT molecular complexity index is 509. The van der Waals surface area contributed by atoms with Gasteiger partial charge in [-0.2, -0.15) is 0 Å². The van der Waals surface area contributed by atoms with E-state index in [0.29, 0.717) is 12.3 Å². The first kappa shape index (κ1) is 17.2. The molecular formula is C13H17ClN2O5. The van der Waals surface area contributed by atoms with Gasteiger partial charge in [-0.25, -0.2) is 0 Å². The van der Waals surface area contributed by atoms with Gasteiger partial charge in [-0.1, -0.05) is 18.5 Å². The molecule has 7 nitrogen and oxygen atoms in total. The Morgan fingerprint density at radius 2 is 2.29 bits per heavy atom. The predicted octanol–water partition coefficient (Wildman–Crippen LogP) is 2.47. The zero-order valence-electron chi connectivity index (χ0n) is 11.5. The quantitative estimate of drug-likeness (QED) is 0.536. The van der Waals surface area contributed by atoms with Crippen LogP contribution in [0.5, 0.6) is 5.75 Å². The Hall–Kier alpha value is -1.86. The number of nitrogens with zero attached hydrogens (tertiary/aromatic N) is 1. The number of nitrogens with one attached hydrogen (secondary N) is 1. The second kappa shape index (κ2) is 8.43. The molecule has 1 atom stereocenters. The minimum Gasteiger partial charge on any atom is -0.493 e. The first-order chi connectivity index (χ1) is 9.95. The van der Waals surface area contributed by atoms with E-state index >= 15 is 0 Å². The van der Waals surface area contributed by atoms with E-state index in [1.54, 1.807) is 0 Å². The first-order valence-corrected chi connectivity index (χ1v) is 6.86. The third-order valence-corrected chi connectivity index (χ3v) is 3.03. The number of benzene rings is 1. The maximum Gasteiger partial charge on any atom is 0.320 e. The Kier molecular flexibility index (Phi) is 6.90. The van der Waals surface area contributed by atoms with E-state index in [9.17, 15) is 14.9 Å². The van der Waals surface area contributed by atoms with Crippen molar-refractivity contribution in [3.8, 4) is 5.75 Å². The van der Waals surface area contributed by atoms with Crippen molar-refractivity contribution in [1.82, 2.24) is 5.32 Å². The number of nitro benzene ring substituents is 1. The Balaban J connectivity index is 2.53. The van der Waals surface area contributed by atoms with Gasteiger partial charge < -0.3 is 15.2 Å². The average Bonchev–Trinajstić information content (AvgIpc) is 2.41. The molecule has 0 fully saturated rings. The maximum atomic E-state index is 11.0. The van der Waals surface area contributed by atoms with Crippen molar-refractivity contribution in [2.45, 2.75) is 25.8 Å². The number of hydrogen-bond donors (Lipinski definition) is 2. The lowest BCUT2D eigenvalue weighted by Crippen LogP contribution is -2.38. The summed E-state index contributed by atoms with van der Waals surface area (Å²) >= 11 is 5.76. The summed E-state index contributed by atoms with van der Waals surface area (Å²) in [6, 6.07) is 3.34. The molecule has 0 heterocycles. The molecule has 0 spiro atoms. The molecule has 0 saturated heterocycles. The molecule has 1 rings (SSSR count). The Labute approximate surface area is 127 Å². The highest BCUT2D eigenvalue weighted by molar-refractivity contribution is 6.32. The number of nitro groups is 1. The molecule has 0 aliphatic heterocycles. The number of aliphatic carboxylic acids is 1. The van der Waals surface area contributed by atoms with Crippen LogP contribution in [0.2, 0.25) is 5.02 Å². The van der Waals surface area contributed by atoms with Crippen molar-refractivity contribution < 1.29 is 19.6 Å². The molecule has 0 aromatic heterocycles. The minimum atomic E-state index is -0.936. The number of carboxylic acids is 1. The molecule has 1 aromatic carbocycles. The van der Waals surface area contributed by atoms with Crippen molar-refractivity contribution >= 4 is 23.3 Å². The molecule has 0 bridgehead atoms. The van der Waals surface area contributed by atoms with Gasteiger partial charge in [0.05, 0.1) is 11.5 Å². The highest BCUT2D eigenvalue weighted by atomic mass is 35.5. The second-order valence-electron chi connectivity index (χ2n) is 4.35. The van der Waals surface area contributed by atoms with E-state index in [1.165, 1.54) is 18.2 Å². The molecule has 8 heteroatoms. The molecule has 21 heavy (non-hydrogen) atoms. The van der Waals surface area contributed by atoms with Gasteiger partial charge in [-0.05, 0) is 19.0 Å². The van der Waals surface area contributed by atoms with Crippen LogP contribution in [0, 0.1) is 10.1 Å². The lowest BCUT2D eigenvalue weighted by Gasteiger charge is -2.14. The van der Waals surface area contributed by atoms with Gasteiger partial charge in [0.25, 0.3) is 5.69 Å². The van der Waals surface area contributed by atoms with Crippen LogP contribution in [0.1, 0.15) is 19.8 Å². The maximum absolute atomic E-state index is 11.0. The van der Waals surface area contributed by atoms with Gasteiger partial charge in [-0.15, -0.1) is 0 Å². The number of rotatable bonds is 9. The monoisotopic (exact) mass is 316 g/mol. The van der Waals surface area contributed by atoms with Crippen molar-refractivity contribution in [1.29, 1.82) is 0 Å². The zero-order valence-corrected chi connectivity index (χ0v) is 12.3. The van der Waals surface area contributed by atoms with E-state index in [4.69, 9.17) is 21.4 Å². The molecule has 0 amide bonds. The summed E-state index contributed by atoms with van der Waals surface area (Å²) in [4.78, 5) is 21.0. The van der Waals surface area contributed by atoms with Crippen LogP contribution in [0.4, 0.5) is 5.69 Å². The highest BCUT2D eigenvalue weighted by Crippen LogP contribution is 2.28. The van der Waals surface area contributed by atoms with Gasteiger partial charge in [0, 0.05) is 18.6 Å². The predicted molar refractivity (Wildman–Crippen MR) is 77.9 cm³/mol. The van der Waals surface area contributed by atoms with E-state index in [-0.39, 0.29) is 23.7 Å². The Morgan fingerprint density at radius 1 is 1.57 bits per heavy atom. The van der Waals surface area contributed by atoms with E-state index in [2.05, 4.69) is 5.32 Å². The fourth-order valence-corrected chi connectivity index (χ4v) is 1.89. The third kappa shape index (κ3) is 5.57. The summed E-state index contributed by atoms with van der Waals surface area (Å²) in [5.41, 5.74) is -0.197. The van der Waals surface area contributed by atoms with Crippen LogP contribution in [0.15, 0.2) is 18.2 Å². The number of hydrogen-bond acceptors (Lipinski definition) is 5. The van der Waals surface area contributed by atoms with Crippen LogP contribution >= 0.6 is 11.6 Å². The van der Waals surface area contributed by atoms with Crippen LogP contribution in [-0.2, 0) is 4.79 Å². The lowest BCUT2D eigenvalue weighted by atomic mass is 10.2. The van der Waals surface area contributed by atoms with Crippen molar-refractivity contribution in [2.24, 2.45) is 0 Å². The average molecular weight is 317 g/mol. The smallest absolute Gasteiger partial charge is 0.320 e. The van der Waals surface area contributed by atoms with Crippen molar-refractivity contribution in [3.05, 3.63) is 33.3 Å².